The fourth-order valence-corrected chi connectivity index (χ4v) is 3.01. The van der Waals surface area contributed by atoms with Crippen LogP contribution in [0.3, 0.4) is 0 Å². The molecule has 0 saturated heterocycles. The first kappa shape index (κ1) is 26.4. The normalized spacial score (nSPS) is 13.8. The summed E-state index contributed by atoms with van der Waals surface area (Å²) >= 11 is 0. The Morgan fingerprint density at radius 1 is 0.667 bits per heavy atom. The van der Waals surface area contributed by atoms with Crippen LogP contribution in [0.1, 0.15) is 117 Å². The predicted octanol–water partition coefficient (Wildman–Crippen LogP) is 5.70. The van der Waals surface area contributed by atoms with Crippen LogP contribution in [0.25, 0.3) is 0 Å². The summed E-state index contributed by atoms with van der Waals surface area (Å²) in [6.45, 7) is 3.98. The van der Waals surface area contributed by atoms with Crippen molar-refractivity contribution in [3.8, 4) is 0 Å². The lowest BCUT2D eigenvalue weighted by molar-refractivity contribution is -0.0933. The topological polar surface area (TPSA) is 66.5 Å². The fraction of sp³-hybridized carbons (Fsp3) is 1.00. The van der Waals surface area contributed by atoms with Gasteiger partial charge in [0.15, 0.2) is 6.29 Å². The van der Waals surface area contributed by atoms with Gasteiger partial charge in [0.05, 0.1) is 5.54 Å². The maximum atomic E-state index is 9.13. The Bertz CT molecular complexity index is 248. The highest BCUT2D eigenvalue weighted by Gasteiger charge is 2.25. The minimum Gasteiger partial charge on any atom is -0.367 e. The first-order valence-electron chi connectivity index (χ1n) is 10.2. The monoisotopic (exact) mass is 365 g/mol. The molecule has 0 radical (unpaired) electrons. The van der Waals surface area contributed by atoms with Crippen molar-refractivity contribution in [3.63, 3.8) is 0 Å². The number of hydrogen-bond donors (Lipinski definition) is 3. The van der Waals surface area contributed by atoms with E-state index in [-0.39, 0.29) is 12.4 Å². The molecule has 1 unspecified atom stereocenters. The summed E-state index contributed by atoms with van der Waals surface area (Å²) in [5.41, 5.74) is 4.96. The van der Waals surface area contributed by atoms with Crippen molar-refractivity contribution in [3.05, 3.63) is 0 Å². The molecule has 0 aliphatic carbocycles. The van der Waals surface area contributed by atoms with Crippen molar-refractivity contribution in [1.29, 1.82) is 0 Å². The molecule has 1 atom stereocenters. The number of hydrogen-bond acceptors (Lipinski definition) is 3. The summed E-state index contributed by atoms with van der Waals surface area (Å²) in [4.78, 5) is 0. The molecule has 0 saturated carbocycles. The van der Waals surface area contributed by atoms with Crippen LogP contribution in [-0.2, 0) is 0 Å². The van der Waals surface area contributed by atoms with Gasteiger partial charge in [-0.2, -0.15) is 0 Å². The van der Waals surface area contributed by atoms with Crippen molar-refractivity contribution in [2.24, 2.45) is 5.73 Å². The standard InChI is InChI=1S/C20H43NO2.ClH/c1-3-4-5-6-7-8-9-10-11-12-13-14-15-16-17-18-20(2,21)19(22)23;/h19,22-23H,3-18,21H2,1-2H3;1H. The van der Waals surface area contributed by atoms with Gasteiger partial charge in [0.25, 0.3) is 0 Å². The summed E-state index contributed by atoms with van der Waals surface area (Å²) < 4.78 is 0. The maximum Gasteiger partial charge on any atom is 0.169 e. The molecule has 0 bridgehead atoms. The Hall–Kier alpha value is 0.170. The average molecular weight is 366 g/mol. The number of aliphatic hydroxyl groups excluding tert-OH is 1. The molecule has 0 aromatic heterocycles. The summed E-state index contributed by atoms with van der Waals surface area (Å²) in [5.74, 6) is 0. The molecule has 0 amide bonds. The van der Waals surface area contributed by atoms with E-state index >= 15 is 0 Å². The summed E-state index contributed by atoms with van der Waals surface area (Å²) in [6, 6.07) is 0. The quantitative estimate of drug-likeness (QED) is 0.229. The Kier molecular flexibility index (Phi) is 19.8. The van der Waals surface area contributed by atoms with E-state index in [1.807, 2.05) is 0 Å². The Morgan fingerprint density at radius 3 is 1.25 bits per heavy atom. The van der Waals surface area contributed by atoms with Crippen molar-refractivity contribution in [2.75, 3.05) is 0 Å². The van der Waals surface area contributed by atoms with E-state index in [0.29, 0.717) is 6.42 Å². The third-order valence-electron chi connectivity index (χ3n) is 4.91. The molecule has 0 aromatic rings. The van der Waals surface area contributed by atoms with E-state index < -0.39 is 11.8 Å². The molecular weight excluding hydrogens is 322 g/mol. The molecule has 0 aromatic carbocycles. The van der Waals surface area contributed by atoms with Crippen molar-refractivity contribution in [2.45, 2.75) is 128 Å². The van der Waals surface area contributed by atoms with Crippen LogP contribution in [0.4, 0.5) is 0 Å². The second kappa shape index (κ2) is 18.0. The Morgan fingerprint density at radius 2 is 0.958 bits per heavy atom. The third kappa shape index (κ3) is 17.0. The molecule has 0 aliphatic rings. The average Bonchev–Trinajstić information content (AvgIpc) is 2.51. The van der Waals surface area contributed by atoms with Gasteiger partial charge in [-0.1, -0.05) is 103 Å². The van der Waals surface area contributed by atoms with Crippen molar-refractivity contribution >= 4 is 12.4 Å². The van der Waals surface area contributed by atoms with E-state index in [1.54, 1.807) is 6.92 Å². The van der Waals surface area contributed by atoms with Crippen LogP contribution in [0, 0.1) is 0 Å². The van der Waals surface area contributed by atoms with E-state index in [0.717, 1.165) is 12.8 Å². The number of halogens is 1. The van der Waals surface area contributed by atoms with Crippen LogP contribution in [0.15, 0.2) is 0 Å². The highest BCUT2D eigenvalue weighted by molar-refractivity contribution is 5.85. The molecule has 0 spiro atoms. The Balaban J connectivity index is 0. The molecule has 3 nitrogen and oxygen atoms in total. The van der Waals surface area contributed by atoms with Gasteiger partial charge in [-0.05, 0) is 13.3 Å². The van der Waals surface area contributed by atoms with E-state index in [2.05, 4.69) is 6.92 Å². The van der Waals surface area contributed by atoms with Crippen LogP contribution in [0.5, 0.6) is 0 Å². The molecule has 148 valence electrons. The molecule has 4 heteroatoms. The van der Waals surface area contributed by atoms with Gasteiger partial charge in [0.1, 0.15) is 0 Å². The number of unbranched alkanes of at least 4 members (excludes halogenated alkanes) is 14. The summed E-state index contributed by atoms with van der Waals surface area (Å²) in [7, 11) is 0. The van der Waals surface area contributed by atoms with E-state index in [1.165, 1.54) is 83.5 Å². The zero-order valence-corrected chi connectivity index (χ0v) is 17.1. The van der Waals surface area contributed by atoms with Crippen LogP contribution >= 0.6 is 12.4 Å². The lowest BCUT2D eigenvalue weighted by Crippen LogP contribution is -2.47. The van der Waals surface area contributed by atoms with Gasteiger partial charge < -0.3 is 15.9 Å². The van der Waals surface area contributed by atoms with Crippen molar-refractivity contribution < 1.29 is 10.2 Å². The highest BCUT2D eigenvalue weighted by Crippen LogP contribution is 2.17. The van der Waals surface area contributed by atoms with Gasteiger partial charge in [0, 0.05) is 0 Å². The smallest absolute Gasteiger partial charge is 0.169 e. The van der Waals surface area contributed by atoms with Gasteiger partial charge in [-0.25, -0.2) is 0 Å². The number of aliphatic hydroxyl groups is 2. The van der Waals surface area contributed by atoms with Gasteiger partial charge in [-0.3, -0.25) is 0 Å². The van der Waals surface area contributed by atoms with Gasteiger partial charge in [-0.15, -0.1) is 12.4 Å². The van der Waals surface area contributed by atoms with Gasteiger partial charge >= 0.3 is 0 Å². The molecule has 4 N–H and O–H groups in total. The molecule has 0 aliphatic heterocycles. The minimum absolute atomic E-state index is 0. The SMILES string of the molecule is CCCCCCCCCCCCCCCCCC(C)(N)C(O)O.Cl. The second-order valence-electron chi connectivity index (χ2n) is 7.58. The number of nitrogens with two attached hydrogens (primary N) is 1. The minimum atomic E-state index is -1.41. The largest absolute Gasteiger partial charge is 0.367 e. The van der Waals surface area contributed by atoms with Crippen LogP contribution in [0.2, 0.25) is 0 Å². The van der Waals surface area contributed by atoms with E-state index in [4.69, 9.17) is 15.9 Å². The number of rotatable bonds is 17. The van der Waals surface area contributed by atoms with Crippen molar-refractivity contribution in [1.82, 2.24) is 0 Å². The molecule has 24 heavy (non-hydrogen) atoms. The summed E-state index contributed by atoms with van der Waals surface area (Å²) in [6.07, 6.45) is 19.4. The molecular formula is C20H44ClNO2. The molecule has 0 rings (SSSR count). The predicted molar refractivity (Wildman–Crippen MR) is 108 cm³/mol. The third-order valence-corrected chi connectivity index (χ3v) is 4.91. The zero-order valence-electron chi connectivity index (χ0n) is 16.3. The lowest BCUT2D eigenvalue weighted by atomic mass is 9.94. The maximum absolute atomic E-state index is 9.13. The first-order valence-corrected chi connectivity index (χ1v) is 10.2. The second-order valence-corrected chi connectivity index (χ2v) is 7.58. The highest BCUT2D eigenvalue weighted by atomic mass is 35.5. The summed E-state index contributed by atoms with van der Waals surface area (Å²) in [5, 5.41) is 18.3. The fourth-order valence-electron chi connectivity index (χ4n) is 3.01. The molecule has 0 heterocycles. The van der Waals surface area contributed by atoms with E-state index in [9.17, 15) is 0 Å². The van der Waals surface area contributed by atoms with Gasteiger partial charge in [0.2, 0.25) is 0 Å². The lowest BCUT2D eigenvalue weighted by Gasteiger charge is -2.26. The Labute approximate surface area is 157 Å². The first-order chi connectivity index (χ1) is 11.0. The van der Waals surface area contributed by atoms with Crippen LogP contribution < -0.4 is 5.73 Å². The zero-order chi connectivity index (χ0) is 17.4. The van der Waals surface area contributed by atoms with Crippen LogP contribution in [-0.4, -0.2) is 22.0 Å². The molecule has 0 fully saturated rings.